The Labute approximate surface area is 168 Å². The summed E-state index contributed by atoms with van der Waals surface area (Å²) < 4.78 is 0. The maximum atomic E-state index is 12.4. The second-order valence-electron chi connectivity index (χ2n) is 6.82. The zero-order valence-corrected chi connectivity index (χ0v) is 16.4. The number of nitrogens with zero attached hydrogens (tertiary/aromatic N) is 4. The van der Waals surface area contributed by atoms with Gasteiger partial charge in [0.05, 0.1) is 28.5 Å². The Hall–Kier alpha value is -3.65. The highest BCUT2D eigenvalue weighted by Crippen LogP contribution is 2.32. The number of carbonyl (C=O) groups is 1. The van der Waals surface area contributed by atoms with Crippen molar-refractivity contribution in [2.45, 2.75) is 6.92 Å². The molecule has 0 atom stereocenters. The molecule has 0 bridgehead atoms. The molecule has 0 aliphatic carbocycles. The van der Waals surface area contributed by atoms with Gasteiger partial charge in [-0.3, -0.25) is 14.9 Å². The second kappa shape index (κ2) is 8.57. The summed E-state index contributed by atoms with van der Waals surface area (Å²) in [7, 11) is 3.59. The van der Waals surface area contributed by atoms with E-state index in [9.17, 15) is 14.9 Å². The molecule has 0 saturated carbocycles. The third-order valence-electron chi connectivity index (χ3n) is 4.18. The van der Waals surface area contributed by atoms with Crippen molar-refractivity contribution < 1.29 is 9.72 Å². The van der Waals surface area contributed by atoms with Crippen LogP contribution in [0, 0.1) is 17.0 Å². The van der Waals surface area contributed by atoms with Crippen LogP contribution in [0.4, 0.5) is 11.4 Å². The number of hydrogen-bond acceptors (Lipinski definition) is 6. The smallest absolute Gasteiger partial charge is 0.270 e. The summed E-state index contributed by atoms with van der Waals surface area (Å²) >= 11 is 0. The maximum absolute atomic E-state index is 12.4. The minimum absolute atomic E-state index is 0.0504. The van der Waals surface area contributed by atoms with Gasteiger partial charge in [0.15, 0.2) is 5.82 Å². The van der Waals surface area contributed by atoms with Crippen molar-refractivity contribution in [3.63, 3.8) is 0 Å². The number of aromatic nitrogens is 2. The number of aryl methyl sites for hydroxylation is 1. The van der Waals surface area contributed by atoms with Crippen LogP contribution in [0.5, 0.6) is 0 Å². The van der Waals surface area contributed by atoms with Gasteiger partial charge in [-0.05, 0) is 21.0 Å². The van der Waals surface area contributed by atoms with E-state index >= 15 is 0 Å². The van der Waals surface area contributed by atoms with E-state index in [1.54, 1.807) is 38.1 Å². The van der Waals surface area contributed by atoms with Gasteiger partial charge >= 0.3 is 0 Å². The van der Waals surface area contributed by atoms with E-state index in [2.05, 4.69) is 15.3 Å². The number of non-ortho nitro benzene ring substituents is 1. The fourth-order valence-corrected chi connectivity index (χ4v) is 2.88. The predicted molar refractivity (Wildman–Crippen MR) is 111 cm³/mol. The molecule has 8 nitrogen and oxygen atoms in total. The number of benzene rings is 2. The SMILES string of the molecule is Cc1nc(-c2ccccc2)nc(-c2cccc([N+](=O)[O-])c2)c1NC(=O)CN(C)C. The Bertz CT molecular complexity index is 1050. The first-order valence-electron chi connectivity index (χ1n) is 8.98. The number of likely N-dealkylation sites (N-methyl/N-ethyl adjacent to an activating group) is 1. The zero-order valence-electron chi connectivity index (χ0n) is 16.4. The Morgan fingerprint density at radius 2 is 1.76 bits per heavy atom. The molecule has 2 aromatic carbocycles. The van der Waals surface area contributed by atoms with Crippen LogP contribution in [0.25, 0.3) is 22.6 Å². The van der Waals surface area contributed by atoms with Gasteiger partial charge in [-0.15, -0.1) is 0 Å². The number of hydrogen-bond donors (Lipinski definition) is 1. The predicted octanol–water partition coefficient (Wildman–Crippen LogP) is 3.53. The summed E-state index contributed by atoms with van der Waals surface area (Å²) in [6, 6.07) is 15.6. The first-order valence-corrected chi connectivity index (χ1v) is 8.98. The molecule has 0 aliphatic heterocycles. The largest absolute Gasteiger partial charge is 0.322 e. The van der Waals surface area contributed by atoms with Crippen molar-refractivity contribution in [3.05, 3.63) is 70.4 Å². The van der Waals surface area contributed by atoms with Gasteiger partial charge in [0.2, 0.25) is 5.91 Å². The number of nitrogens with one attached hydrogen (secondary N) is 1. The molecular weight excluding hydrogens is 370 g/mol. The minimum atomic E-state index is -0.458. The van der Waals surface area contributed by atoms with Gasteiger partial charge in [-0.2, -0.15) is 0 Å². The van der Waals surface area contributed by atoms with Gasteiger partial charge in [0, 0.05) is 23.3 Å². The Morgan fingerprint density at radius 3 is 2.41 bits per heavy atom. The number of rotatable bonds is 6. The molecule has 1 amide bonds. The third-order valence-corrected chi connectivity index (χ3v) is 4.18. The van der Waals surface area contributed by atoms with E-state index in [1.807, 2.05) is 30.3 Å². The normalized spacial score (nSPS) is 10.8. The monoisotopic (exact) mass is 391 g/mol. The highest BCUT2D eigenvalue weighted by molar-refractivity contribution is 5.96. The molecule has 0 unspecified atom stereocenters. The fraction of sp³-hybridized carbons (Fsp3) is 0.190. The van der Waals surface area contributed by atoms with Crippen molar-refractivity contribution in [1.82, 2.24) is 14.9 Å². The second-order valence-corrected chi connectivity index (χ2v) is 6.82. The Balaban J connectivity index is 2.16. The van der Waals surface area contributed by atoms with Gasteiger partial charge in [0.1, 0.15) is 0 Å². The number of nitro benzene ring substituents is 1. The Kier molecular flexibility index (Phi) is 5.94. The van der Waals surface area contributed by atoms with Gasteiger partial charge in [0.25, 0.3) is 5.69 Å². The van der Waals surface area contributed by atoms with Gasteiger partial charge < -0.3 is 10.2 Å². The summed E-state index contributed by atoms with van der Waals surface area (Å²) in [6.45, 7) is 1.97. The van der Waals surface area contributed by atoms with Crippen LogP contribution in [0.3, 0.4) is 0 Å². The average molecular weight is 391 g/mol. The molecule has 0 saturated heterocycles. The first kappa shape index (κ1) is 20.1. The quantitative estimate of drug-likeness (QED) is 0.509. The van der Waals surface area contributed by atoms with E-state index in [0.717, 1.165) is 5.56 Å². The van der Waals surface area contributed by atoms with Crippen molar-refractivity contribution in [2.24, 2.45) is 0 Å². The van der Waals surface area contributed by atoms with Crippen LogP contribution in [0.15, 0.2) is 54.6 Å². The highest BCUT2D eigenvalue weighted by Gasteiger charge is 2.19. The summed E-state index contributed by atoms with van der Waals surface area (Å²) in [4.78, 5) is 34.1. The molecule has 29 heavy (non-hydrogen) atoms. The lowest BCUT2D eigenvalue weighted by Gasteiger charge is -2.16. The molecule has 0 fully saturated rings. The number of anilines is 1. The van der Waals surface area contributed by atoms with E-state index < -0.39 is 4.92 Å². The molecular formula is C21H21N5O3. The van der Waals surface area contributed by atoms with Crippen LogP contribution < -0.4 is 5.32 Å². The lowest BCUT2D eigenvalue weighted by Crippen LogP contribution is -2.27. The van der Waals surface area contributed by atoms with Crippen molar-refractivity contribution in [1.29, 1.82) is 0 Å². The van der Waals surface area contributed by atoms with E-state index in [0.29, 0.717) is 28.5 Å². The van der Waals surface area contributed by atoms with Gasteiger partial charge in [-0.25, -0.2) is 9.97 Å². The summed E-state index contributed by atoms with van der Waals surface area (Å²) in [5.41, 5.74) is 2.75. The molecule has 3 aromatic rings. The molecule has 0 aliphatic rings. The topological polar surface area (TPSA) is 101 Å². The van der Waals surface area contributed by atoms with Crippen LogP contribution in [-0.2, 0) is 4.79 Å². The zero-order chi connectivity index (χ0) is 21.0. The standard InChI is InChI=1S/C21H21N5O3/c1-14-19(23-18(27)13-25(2)3)20(16-10-7-11-17(12-16)26(28)29)24-21(22-14)15-8-5-4-6-9-15/h4-12H,13H2,1-3H3,(H,23,27). The molecule has 1 heterocycles. The summed E-state index contributed by atoms with van der Waals surface area (Å²) in [6.07, 6.45) is 0. The molecule has 1 N–H and O–H groups in total. The lowest BCUT2D eigenvalue weighted by atomic mass is 10.1. The lowest BCUT2D eigenvalue weighted by molar-refractivity contribution is -0.384. The fourth-order valence-electron chi connectivity index (χ4n) is 2.88. The van der Waals surface area contributed by atoms with E-state index in [-0.39, 0.29) is 18.1 Å². The first-order chi connectivity index (χ1) is 13.8. The summed E-state index contributed by atoms with van der Waals surface area (Å²) in [5.74, 6) is 0.260. The summed E-state index contributed by atoms with van der Waals surface area (Å²) in [5, 5.41) is 14.1. The minimum Gasteiger partial charge on any atom is -0.322 e. The Morgan fingerprint density at radius 1 is 1.07 bits per heavy atom. The van der Waals surface area contributed by atoms with Crippen LogP contribution in [0.2, 0.25) is 0 Å². The molecule has 0 spiro atoms. The number of nitro groups is 1. The molecule has 3 rings (SSSR count). The van der Waals surface area contributed by atoms with Crippen molar-refractivity contribution in [3.8, 4) is 22.6 Å². The van der Waals surface area contributed by atoms with Crippen LogP contribution >= 0.6 is 0 Å². The third kappa shape index (κ3) is 4.80. The molecule has 1 aromatic heterocycles. The highest BCUT2D eigenvalue weighted by atomic mass is 16.6. The average Bonchev–Trinajstić information content (AvgIpc) is 2.69. The van der Waals surface area contributed by atoms with E-state index in [4.69, 9.17) is 0 Å². The number of carbonyl (C=O) groups excluding carboxylic acids is 1. The molecule has 8 heteroatoms. The van der Waals surface area contributed by atoms with Crippen LogP contribution in [0.1, 0.15) is 5.69 Å². The van der Waals surface area contributed by atoms with Gasteiger partial charge in [-0.1, -0.05) is 42.5 Å². The number of amides is 1. The molecule has 0 radical (unpaired) electrons. The van der Waals surface area contributed by atoms with E-state index in [1.165, 1.54) is 12.1 Å². The molecule has 148 valence electrons. The van der Waals surface area contributed by atoms with Crippen molar-refractivity contribution >= 4 is 17.3 Å². The van der Waals surface area contributed by atoms with Crippen molar-refractivity contribution in [2.75, 3.05) is 26.0 Å². The maximum Gasteiger partial charge on any atom is 0.270 e. The van der Waals surface area contributed by atoms with Crippen LogP contribution in [-0.4, -0.2) is 46.3 Å².